The van der Waals surface area contributed by atoms with Crippen LogP contribution in [0.2, 0.25) is 0 Å². The monoisotopic (exact) mass is 302 g/mol. The van der Waals surface area contributed by atoms with E-state index in [-0.39, 0.29) is 5.91 Å². The zero-order valence-corrected chi connectivity index (χ0v) is 14.3. The Hall–Kier alpha value is -0.220. The van der Waals surface area contributed by atoms with Gasteiger partial charge in [0.2, 0.25) is 5.91 Å². The predicted molar refractivity (Wildman–Crippen MR) is 91.2 cm³/mol. The fourth-order valence-electron chi connectivity index (χ4n) is 2.45. The Morgan fingerprint density at radius 2 is 1.90 bits per heavy atom. The van der Waals surface area contributed by atoms with Crippen molar-refractivity contribution in [2.75, 3.05) is 25.1 Å². The van der Waals surface area contributed by atoms with Gasteiger partial charge in [-0.1, -0.05) is 32.6 Å². The molecule has 3 N–H and O–H groups in total. The summed E-state index contributed by atoms with van der Waals surface area (Å²) in [6.45, 7) is 3.77. The molecule has 0 spiro atoms. The zero-order chi connectivity index (χ0) is 15.1. The van der Waals surface area contributed by atoms with E-state index in [1.807, 2.05) is 11.8 Å². The van der Waals surface area contributed by atoms with Crippen LogP contribution < -0.4 is 11.1 Å². The molecule has 0 saturated heterocycles. The first-order valence-corrected chi connectivity index (χ1v) is 9.59. The third kappa shape index (κ3) is 12.8. The SMILES string of the molecule is CCCC(CCN)CCC(=O)NCCCCCCSC. The topological polar surface area (TPSA) is 55.1 Å². The van der Waals surface area contributed by atoms with Gasteiger partial charge in [-0.3, -0.25) is 4.79 Å². The molecule has 0 rings (SSSR count). The lowest BCUT2D eigenvalue weighted by atomic mass is 9.94. The first-order chi connectivity index (χ1) is 9.74. The summed E-state index contributed by atoms with van der Waals surface area (Å²) in [6, 6.07) is 0. The summed E-state index contributed by atoms with van der Waals surface area (Å²) >= 11 is 1.91. The molecule has 1 atom stereocenters. The van der Waals surface area contributed by atoms with Crippen molar-refractivity contribution >= 4 is 17.7 Å². The molecule has 120 valence electrons. The number of amides is 1. The van der Waals surface area contributed by atoms with Crippen LogP contribution in [0.5, 0.6) is 0 Å². The number of nitrogens with one attached hydrogen (secondary N) is 1. The Morgan fingerprint density at radius 1 is 1.15 bits per heavy atom. The fourth-order valence-corrected chi connectivity index (χ4v) is 2.95. The van der Waals surface area contributed by atoms with E-state index in [1.165, 1.54) is 37.9 Å². The Labute approximate surface area is 129 Å². The highest BCUT2D eigenvalue weighted by atomic mass is 32.2. The molecular weight excluding hydrogens is 268 g/mol. The van der Waals surface area contributed by atoms with Gasteiger partial charge < -0.3 is 11.1 Å². The molecule has 1 unspecified atom stereocenters. The number of hydrogen-bond donors (Lipinski definition) is 2. The molecule has 4 heteroatoms. The molecule has 20 heavy (non-hydrogen) atoms. The number of unbranched alkanes of at least 4 members (excludes halogenated alkanes) is 3. The van der Waals surface area contributed by atoms with Crippen LogP contribution in [0.1, 0.15) is 64.7 Å². The number of carbonyl (C=O) groups excluding carboxylic acids is 1. The summed E-state index contributed by atoms with van der Waals surface area (Å²) in [6.07, 6.45) is 12.2. The number of thioether (sulfide) groups is 1. The molecular formula is C16H34N2OS. The third-order valence-corrected chi connectivity index (χ3v) is 4.35. The normalized spacial score (nSPS) is 12.3. The summed E-state index contributed by atoms with van der Waals surface area (Å²) in [5, 5.41) is 3.04. The van der Waals surface area contributed by atoms with Crippen molar-refractivity contribution in [2.24, 2.45) is 11.7 Å². The summed E-state index contributed by atoms with van der Waals surface area (Å²) in [4.78, 5) is 11.7. The zero-order valence-electron chi connectivity index (χ0n) is 13.5. The van der Waals surface area contributed by atoms with E-state index in [2.05, 4.69) is 18.5 Å². The van der Waals surface area contributed by atoms with E-state index in [4.69, 9.17) is 5.73 Å². The smallest absolute Gasteiger partial charge is 0.220 e. The standard InChI is InChI=1S/C16H34N2OS/c1-3-8-15(11-12-17)9-10-16(19)18-13-6-4-5-7-14-20-2/h15H,3-14,17H2,1-2H3,(H,18,19). The fraction of sp³-hybridized carbons (Fsp3) is 0.938. The first-order valence-electron chi connectivity index (χ1n) is 8.20. The van der Waals surface area contributed by atoms with Gasteiger partial charge in [0.25, 0.3) is 0 Å². The van der Waals surface area contributed by atoms with Crippen LogP contribution in [0.25, 0.3) is 0 Å². The van der Waals surface area contributed by atoms with Crippen molar-refractivity contribution in [3.8, 4) is 0 Å². The molecule has 0 radical (unpaired) electrons. The van der Waals surface area contributed by atoms with E-state index in [0.29, 0.717) is 12.3 Å². The minimum atomic E-state index is 0.215. The Bertz CT molecular complexity index is 219. The van der Waals surface area contributed by atoms with Crippen LogP contribution in [0.15, 0.2) is 0 Å². The van der Waals surface area contributed by atoms with Crippen molar-refractivity contribution in [2.45, 2.75) is 64.7 Å². The van der Waals surface area contributed by atoms with Gasteiger partial charge in [-0.05, 0) is 50.2 Å². The van der Waals surface area contributed by atoms with Crippen LogP contribution in [0.4, 0.5) is 0 Å². The average Bonchev–Trinajstić information content (AvgIpc) is 2.44. The van der Waals surface area contributed by atoms with Gasteiger partial charge in [-0.15, -0.1) is 0 Å². The van der Waals surface area contributed by atoms with Gasteiger partial charge >= 0.3 is 0 Å². The second kappa shape index (κ2) is 15.2. The van der Waals surface area contributed by atoms with Gasteiger partial charge in [0, 0.05) is 13.0 Å². The maximum Gasteiger partial charge on any atom is 0.220 e. The molecule has 0 aliphatic carbocycles. The minimum absolute atomic E-state index is 0.215. The van der Waals surface area contributed by atoms with Crippen LogP contribution in [-0.4, -0.2) is 31.0 Å². The highest BCUT2D eigenvalue weighted by molar-refractivity contribution is 7.98. The number of nitrogens with two attached hydrogens (primary N) is 1. The van der Waals surface area contributed by atoms with Gasteiger partial charge in [0.1, 0.15) is 0 Å². The molecule has 0 bridgehead atoms. The molecule has 0 aromatic rings. The summed E-state index contributed by atoms with van der Waals surface area (Å²) in [5.74, 6) is 2.10. The lowest BCUT2D eigenvalue weighted by molar-refractivity contribution is -0.121. The third-order valence-electron chi connectivity index (χ3n) is 3.65. The van der Waals surface area contributed by atoms with Gasteiger partial charge in [0.15, 0.2) is 0 Å². The minimum Gasteiger partial charge on any atom is -0.356 e. The van der Waals surface area contributed by atoms with Crippen molar-refractivity contribution < 1.29 is 4.79 Å². The highest BCUT2D eigenvalue weighted by Crippen LogP contribution is 2.16. The maximum atomic E-state index is 11.7. The molecule has 0 aliphatic heterocycles. The van der Waals surface area contributed by atoms with Crippen LogP contribution >= 0.6 is 11.8 Å². The lowest BCUT2D eigenvalue weighted by Gasteiger charge is -2.14. The van der Waals surface area contributed by atoms with Crippen molar-refractivity contribution in [1.29, 1.82) is 0 Å². The van der Waals surface area contributed by atoms with Crippen molar-refractivity contribution in [3.05, 3.63) is 0 Å². The van der Waals surface area contributed by atoms with E-state index >= 15 is 0 Å². The van der Waals surface area contributed by atoms with Crippen LogP contribution in [-0.2, 0) is 4.79 Å². The molecule has 1 amide bonds. The molecule has 3 nitrogen and oxygen atoms in total. The molecule has 0 aromatic heterocycles. The Morgan fingerprint density at radius 3 is 2.55 bits per heavy atom. The molecule has 0 fully saturated rings. The lowest BCUT2D eigenvalue weighted by Crippen LogP contribution is -2.25. The number of hydrogen-bond acceptors (Lipinski definition) is 3. The first kappa shape index (κ1) is 19.8. The van der Waals surface area contributed by atoms with E-state index in [0.717, 1.165) is 32.4 Å². The quantitative estimate of drug-likeness (QED) is 0.482. The van der Waals surface area contributed by atoms with Crippen molar-refractivity contribution in [3.63, 3.8) is 0 Å². The van der Waals surface area contributed by atoms with Gasteiger partial charge in [-0.2, -0.15) is 11.8 Å². The van der Waals surface area contributed by atoms with Crippen LogP contribution in [0, 0.1) is 5.92 Å². The molecule has 0 aliphatic rings. The molecule has 0 saturated carbocycles. The largest absolute Gasteiger partial charge is 0.356 e. The molecule has 0 heterocycles. The Kier molecular flexibility index (Phi) is 15.0. The second-order valence-corrected chi connectivity index (χ2v) is 6.51. The Balaban J connectivity index is 3.47. The number of carbonyl (C=O) groups is 1. The summed E-state index contributed by atoms with van der Waals surface area (Å²) in [5.41, 5.74) is 5.61. The van der Waals surface area contributed by atoms with Gasteiger partial charge in [0.05, 0.1) is 0 Å². The second-order valence-electron chi connectivity index (χ2n) is 5.53. The molecule has 0 aromatic carbocycles. The van der Waals surface area contributed by atoms with E-state index < -0.39 is 0 Å². The predicted octanol–water partition coefficient (Wildman–Crippen LogP) is 3.57. The number of rotatable bonds is 14. The average molecular weight is 303 g/mol. The highest BCUT2D eigenvalue weighted by Gasteiger charge is 2.09. The van der Waals surface area contributed by atoms with Crippen molar-refractivity contribution in [1.82, 2.24) is 5.32 Å². The van der Waals surface area contributed by atoms with Gasteiger partial charge in [-0.25, -0.2) is 0 Å². The summed E-state index contributed by atoms with van der Waals surface area (Å²) < 4.78 is 0. The maximum absolute atomic E-state index is 11.7. The van der Waals surface area contributed by atoms with E-state index in [1.54, 1.807) is 0 Å². The van der Waals surface area contributed by atoms with Crippen LogP contribution in [0.3, 0.4) is 0 Å². The van der Waals surface area contributed by atoms with E-state index in [9.17, 15) is 4.79 Å². The summed E-state index contributed by atoms with van der Waals surface area (Å²) in [7, 11) is 0.